The van der Waals surface area contributed by atoms with Crippen LogP contribution in [-0.2, 0) is 14.4 Å². The van der Waals surface area contributed by atoms with Crippen LogP contribution in [0.5, 0.6) is 0 Å². The van der Waals surface area contributed by atoms with E-state index in [9.17, 15) is 9.59 Å². The highest BCUT2D eigenvalue weighted by Gasteiger charge is 2.05. The smallest absolute Gasteiger partial charge is 0.247 e. The maximum Gasteiger partial charge on any atom is 0.247 e. The van der Waals surface area contributed by atoms with Gasteiger partial charge in [-0.1, -0.05) is 13.2 Å². The van der Waals surface area contributed by atoms with Crippen LogP contribution in [0.15, 0.2) is 25.6 Å². The highest BCUT2D eigenvalue weighted by Crippen LogP contribution is 1.99. The molecule has 5 nitrogen and oxygen atoms in total. The molecule has 0 atom stereocenters. The molecule has 0 spiro atoms. The third-order valence-corrected chi connectivity index (χ3v) is 2.12. The van der Waals surface area contributed by atoms with Gasteiger partial charge in [0.1, 0.15) is 0 Å². The van der Waals surface area contributed by atoms with E-state index >= 15 is 0 Å². The summed E-state index contributed by atoms with van der Waals surface area (Å²) >= 11 is 0. The van der Waals surface area contributed by atoms with Gasteiger partial charge in [0.2, 0.25) is 11.8 Å². The van der Waals surface area contributed by atoms with Gasteiger partial charge in [0.25, 0.3) is 0 Å². The van der Waals surface area contributed by atoms with Crippen molar-refractivity contribution in [1.82, 2.24) is 9.96 Å². The number of carbonyl (C=O) groups is 2. The topological polar surface area (TPSA) is 49.9 Å². The maximum atomic E-state index is 11.0. The van der Waals surface area contributed by atoms with Gasteiger partial charge in [0.15, 0.2) is 0 Å². The van der Waals surface area contributed by atoms with E-state index in [1.807, 2.05) is 0 Å². The molecule has 0 unspecified atom stereocenters. The summed E-state index contributed by atoms with van der Waals surface area (Å²) in [6.07, 6.45) is 4.37. The molecular weight excluding hydrogens is 220 g/mol. The molecular formula is C12H20N2O3. The second kappa shape index (κ2) is 8.52. The van der Waals surface area contributed by atoms with Crippen LogP contribution in [0.25, 0.3) is 0 Å². The van der Waals surface area contributed by atoms with Gasteiger partial charge >= 0.3 is 0 Å². The first kappa shape index (κ1) is 15.4. The molecule has 0 aromatic carbocycles. The summed E-state index contributed by atoms with van der Waals surface area (Å²) in [5.74, 6) is -0.242. The van der Waals surface area contributed by atoms with Crippen molar-refractivity contribution in [3.8, 4) is 0 Å². The Morgan fingerprint density at radius 3 is 2.18 bits per heavy atom. The molecule has 0 rings (SSSR count). The summed E-state index contributed by atoms with van der Waals surface area (Å²) in [5.41, 5.74) is 0. The molecule has 0 aliphatic carbocycles. The first-order valence-corrected chi connectivity index (χ1v) is 5.48. The zero-order valence-electron chi connectivity index (χ0n) is 10.5. The number of carbonyl (C=O) groups excluding carboxylic acids is 2. The molecule has 0 saturated heterocycles. The van der Waals surface area contributed by atoms with Crippen LogP contribution in [0.2, 0.25) is 0 Å². The van der Waals surface area contributed by atoms with Crippen molar-refractivity contribution in [2.45, 2.75) is 26.7 Å². The zero-order valence-corrected chi connectivity index (χ0v) is 10.5. The van der Waals surface area contributed by atoms with E-state index in [1.54, 1.807) is 0 Å². The van der Waals surface area contributed by atoms with E-state index in [0.717, 1.165) is 17.9 Å². The Bertz CT molecular complexity index is 261. The molecule has 0 bridgehead atoms. The Balaban J connectivity index is 3.71. The SMILES string of the molecule is C=CN(CCCCON(C=C)C(C)=O)C(C)=O. The van der Waals surface area contributed by atoms with E-state index < -0.39 is 0 Å². The highest BCUT2D eigenvalue weighted by molar-refractivity contribution is 5.74. The van der Waals surface area contributed by atoms with Gasteiger partial charge < -0.3 is 4.90 Å². The maximum absolute atomic E-state index is 11.0. The third kappa shape index (κ3) is 6.52. The van der Waals surface area contributed by atoms with Gasteiger partial charge in [0, 0.05) is 26.6 Å². The van der Waals surface area contributed by atoms with E-state index in [-0.39, 0.29) is 11.8 Å². The largest absolute Gasteiger partial charge is 0.320 e. The molecule has 0 heterocycles. The van der Waals surface area contributed by atoms with Crippen molar-refractivity contribution in [3.63, 3.8) is 0 Å². The first-order chi connectivity index (χ1) is 8.02. The van der Waals surface area contributed by atoms with Crippen LogP contribution in [0.1, 0.15) is 26.7 Å². The zero-order chi connectivity index (χ0) is 13.3. The van der Waals surface area contributed by atoms with Gasteiger partial charge in [-0.05, 0) is 19.0 Å². The van der Waals surface area contributed by atoms with Crippen molar-refractivity contribution in [2.24, 2.45) is 0 Å². The summed E-state index contributed by atoms with van der Waals surface area (Å²) < 4.78 is 0. The second-order valence-electron chi connectivity index (χ2n) is 3.46. The van der Waals surface area contributed by atoms with E-state index in [2.05, 4.69) is 13.2 Å². The van der Waals surface area contributed by atoms with Crippen LogP contribution in [0, 0.1) is 0 Å². The number of hydroxylamine groups is 2. The number of rotatable bonds is 8. The molecule has 17 heavy (non-hydrogen) atoms. The van der Waals surface area contributed by atoms with Crippen LogP contribution in [0.3, 0.4) is 0 Å². The lowest BCUT2D eigenvalue weighted by atomic mass is 10.3. The molecule has 0 aliphatic heterocycles. The van der Waals surface area contributed by atoms with Crippen molar-refractivity contribution in [2.75, 3.05) is 13.2 Å². The molecule has 5 heteroatoms. The van der Waals surface area contributed by atoms with E-state index in [1.165, 1.54) is 31.1 Å². The lowest BCUT2D eigenvalue weighted by Gasteiger charge is -2.17. The average Bonchev–Trinajstić information content (AvgIpc) is 2.27. The Hall–Kier alpha value is -1.62. The van der Waals surface area contributed by atoms with Crippen LogP contribution in [0.4, 0.5) is 0 Å². The predicted molar refractivity (Wildman–Crippen MR) is 65.5 cm³/mol. The normalized spacial score (nSPS) is 9.53. The molecule has 2 amide bonds. The number of hydrogen-bond acceptors (Lipinski definition) is 3. The fourth-order valence-corrected chi connectivity index (χ4v) is 1.20. The molecule has 0 N–H and O–H groups in total. The summed E-state index contributed by atoms with van der Waals surface area (Å²) in [6, 6.07) is 0. The van der Waals surface area contributed by atoms with Crippen LogP contribution >= 0.6 is 0 Å². The minimum Gasteiger partial charge on any atom is -0.320 e. The minimum atomic E-state index is -0.212. The molecule has 0 aromatic heterocycles. The summed E-state index contributed by atoms with van der Waals surface area (Å²) in [7, 11) is 0. The van der Waals surface area contributed by atoms with Crippen molar-refractivity contribution in [3.05, 3.63) is 25.6 Å². The quantitative estimate of drug-likeness (QED) is 0.479. The van der Waals surface area contributed by atoms with Crippen molar-refractivity contribution >= 4 is 11.8 Å². The van der Waals surface area contributed by atoms with Gasteiger partial charge in [-0.2, -0.15) is 5.06 Å². The number of amides is 2. The Morgan fingerprint density at radius 2 is 1.76 bits per heavy atom. The lowest BCUT2D eigenvalue weighted by Crippen LogP contribution is -2.25. The van der Waals surface area contributed by atoms with Gasteiger partial charge in [-0.25, -0.2) is 0 Å². The Labute approximate surface area is 102 Å². The molecule has 96 valence electrons. The molecule has 0 saturated carbocycles. The van der Waals surface area contributed by atoms with Crippen molar-refractivity contribution < 1.29 is 14.4 Å². The second-order valence-corrected chi connectivity index (χ2v) is 3.46. The van der Waals surface area contributed by atoms with E-state index in [0.29, 0.717) is 13.2 Å². The molecule has 0 fully saturated rings. The van der Waals surface area contributed by atoms with Gasteiger partial charge in [-0.3, -0.25) is 14.4 Å². The summed E-state index contributed by atoms with van der Waals surface area (Å²) in [4.78, 5) is 28.7. The number of hydrogen-bond donors (Lipinski definition) is 0. The lowest BCUT2D eigenvalue weighted by molar-refractivity contribution is -0.168. The van der Waals surface area contributed by atoms with Gasteiger partial charge in [0.05, 0.1) is 6.61 Å². The fourth-order valence-electron chi connectivity index (χ4n) is 1.20. The Morgan fingerprint density at radius 1 is 1.12 bits per heavy atom. The highest BCUT2D eigenvalue weighted by atomic mass is 16.7. The third-order valence-electron chi connectivity index (χ3n) is 2.12. The van der Waals surface area contributed by atoms with E-state index in [4.69, 9.17) is 4.84 Å². The number of nitrogens with zero attached hydrogens (tertiary/aromatic N) is 2. The van der Waals surface area contributed by atoms with Crippen molar-refractivity contribution in [1.29, 1.82) is 0 Å². The summed E-state index contributed by atoms with van der Waals surface area (Å²) in [5, 5.41) is 1.09. The van der Waals surface area contributed by atoms with Gasteiger partial charge in [-0.15, -0.1) is 0 Å². The standard InChI is InChI=1S/C12H20N2O3/c1-5-13(11(3)15)9-7-8-10-17-14(6-2)12(4)16/h5-6H,1-2,7-10H2,3-4H3. The monoisotopic (exact) mass is 240 g/mol. The average molecular weight is 240 g/mol. The molecule has 0 radical (unpaired) electrons. The first-order valence-electron chi connectivity index (χ1n) is 5.48. The minimum absolute atomic E-state index is 0.0302. The molecule has 0 aliphatic rings. The van der Waals surface area contributed by atoms with Crippen LogP contribution in [-0.4, -0.2) is 34.9 Å². The Kier molecular flexibility index (Phi) is 7.71. The van der Waals surface area contributed by atoms with Crippen LogP contribution < -0.4 is 0 Å². The molecule has 0 aromatic rings. The predicted octanol–water partition coefficient (Wildman–Crippen LogP) is 1.68. The summed E-state index contributed by atoms with van der Waals surface area (Å²) in [6.45, 7) is 10.9. The fraction of sp³-hybridized carbons (Fsp3) is 0.500. The number of unbranched alkanes of at least 4 members (excludes halogenated alkanes) is 1.